The highest BCUT2D eigenvalue weighted by molar-refractivity contribution is 5.70. The van der Waals surface area contributed by atoms with E-state index in [0.29, 0.717) is 18.1 Å². The Bertz CT molecular complexity index is 547. The quantitative estimate of drug-likeness (QED) is 0.765. The first-order valence-corrected chi connectivity index (χ1v) is 6.77. The number of fused-ring (bicyclic) bond motifs is 2. The third-order valence-electron chi connectivity index (χ3n) is 4.02. The molecule has 1 aromatic carbocycles. The summed E-state index contributed by atoms with van der Waals surface area (Å²) in [5, 5.41) is 3.39. The molecular formula is C15H15F4N. The largest absolute Gasteiger partial charge is 0.417 e. The minimum Gasteiger partial charge on any atom is -0.307 e. The number of hydrogen-bond donors (Lipinski definition) is 1. The zero-order valence-corrected chi connectivity index (χ0v) is 10.8. The monoisotopic (exact) mass is 285 g/mol. The van der Waals surface area contributed by atoms with Gasteiger partial charge in [0.2, 0.25) is 0 Å². The lowest BCUT2D eigenvalue weighted by Gasteiger charge is -2.35. The molecule has 0 amide bonds. The molecule has 2 heterocycles. The van der Waals surface area contributed by atoms with E-state index in [2.05, 4.69) is 5.32 Å². The fourth-order valence-corrected chi connectivity index (χ4v) is 3.15. The molecule has 2 atom stereocenters. The first-order chi connectivity index (χ1) is 9.43. The van der Waals surface area contributed by atoms with Crippen LogP contribution >= 0.6 is 0 Å². The lowest BCUT2D eigenvalue weighted by molar-refractivity contribution is -0.138. The van der Waals surface area contributed by atoms with E-state index in [1.165, 1.54) is 6.07 Å². The zero-order valence-electron chi connectivity index (χ0n) is 10.8. The summed E-state index contributed by atoms with van der Waals surface area (Å²) in [7, 11) is 0. The fourth-order valence-electron chi connectivity index (χ4n) is 3.15. The van der Waals surface area contributed by atoms with E-state index in [4.69, 9.17) is 0 Å². The Labute approximate surface area is 114 Å². The van der Waals surface area contributed by atoms with Gasteiger partial charge in [0.05, 0.1) is 5.56 Å². The molecular weight excluding hydrogens is 270 g/mol. The second kappa shape index (κ2) is 4.88. The molecule has 1 saturated heterocycles. The van der Waals surface area contributed by atoms with Gasteiger partial charge in [-0.3, -0.25) is 0 Å². The predicted molar refractivity (Wildman–Crippen MR) is 68.6 cm³/mol. The number of nitrogens with one attached hydrogen (secondary N) is 1. The SMILES string of the molecule is Fc1ccc(C2=CC3CCCC(C2)N3)c(C(F)(F)F)c1. The van der Waals surface area contributed by atoms with Gasteiger partial charge >= 0.3 is 6.18 Å². The van der Waals surface area contributed by atoms with Crippen LogP contribution in [0.4, 0.5) is 17.6 Å². The van der Waals surface area contributed by atoms with Crippen molar-refractivity contribution in [3.8, 4) is 0 Å². The molecule has 2 aliphatic rings. The van der Waals surface area contributed by atoms with Crippen molar-refractivity contribution in [1.82, 2.24) is 5.32 Å². The normalized spacial score (nSPS) is 26.3. The van der Waals surface area contributed by atoms with Gasteiger partial charge in [-0.2, -0.15) is 13.2 Å². The number of hydrogen-bond acceptors (Lipinski definition) is 1. The maximum absolute atomic E-state index is 13.1. The van der Waals surface area contributed by atoms with E-state index >= 15 is 0 Å². The Morgan fingerprint density at radius 3 is 2.65 bits per heavy atom. The Balaban J connectivity index is 2.04. The summed E-state index contributed by atoms with van der Waals surface area (Å²) in [4.78, 5) is 0. The highest BCUT2D eigenvalue weighted by Crippen LogP contribution is 2.39. The van der Waals surface area contributed by atoms with Gasteiger partial charge in [0.25, 0.3) is 0 Å². The van der Waals surface area contributed by atoms with Crippen LogP contribution < -0.4 is 5.32 Å². The highest BCUT2D eigenvalue weighted by atomic mass is 19.4. The third kappa shape index (κ3) is 2.59. The fraction of sp³-hybridized carbons (Fsp3) is 0.467. The van der Waals surface area contributed by atoms with E-state index < -0.39 is 17.6 Å². The van der Waals surface area contributed by atoms with Crippen molar-refractivity contribution in [2.24, 2.45) is 0 Å². The standard InChI is InChI=1S/C15H15F4N/c16-10-4-5-13(14(8-10)15(17,18)19)9-6-11-2-1-3-12(7-9)20-11/h4-6,8,11-12,20H,1-3,7H2. The maximum atomic E-state index is 13.1. The molecule has 1 fully saturated rings. The van der Waals surface area contributed by atoms with Crippen molar-refractivity contribution in [3.63, 3.8) is 0 Å². The van der Waals surface area contributed by atoms with Crippen LogP contribution in [-0.2, 0) is 6.18 Å². The summed E-state index contributed by atoms with van der Waals surface area (Å²) in [6, 6.07) is 3.32. The molecule has 2 aliphatic heterocycles. The predicted octanol–water partition coefficient (Wildman–Crippen LogP) is 4.14. The number of benzene rings is 1. The topological polar surface area (TPSA) is 12.0 Å². The van der Waals surface area contributed by atoms with Gasteiger partial charge in [0, 0.05) is 12.1 Å². The lowest BCUT2D eigenvalue weighted by atomic mass is 9.83. The maximum Gasteiger partial charge on any atom is 0.417 e. The Morgan fingerprint density at radius 1 is 1.15 bits per heavy atom. The van der Waals surface area contributed by atoms with Crippen molar-refractivity contribution in [2.75, 3.05) is 0 Å². The molecule has 2 unspecified atom stereocenters. The zero-order chi connectivity index (χ0) is 14.3. The van der Waals surface area contributed by atoms with Crippen LogP contribution in [0, 0.1) is 5.82 Å². The van der Waals surface area contributed by atoms with Crippen LogP contribution in [0.3, 0.4) is 0 Å². The van der Waals surface area contributed by atoms with Crippen molar-refractivity contribution in [3.05, 3.63) is 41.2 Å². The van der Waals surface area contributed by atoms with E-state index in [1.807, 2.05) is 6.08 Å². The third-order valence-corrected chi connectivity index (χ3v) is 4.02. The van der Waals surface area contributed by atoms with E-state index in [-0.39, 0.29) is 17.6 Å². The molecule has 5 heteroatoms. The minimum absolute atomic E-state index is 0.123. The van der Waals surface area contributed by atoms with E-state index in [1.54, 1.807) is 0 Å². The van der Waals surface area contributed by atoms with Crippen LogP contribution in [-0.4, -0.2) is 12.1 Å². The van der Waals surface area contributed by atoms with Gasteiger partial charge in [0.1, 0.15) is 5.82 Å². The van der Waals surface area contributed by atoms with Crippen LogP contribution in [0.1, 0.15) is 36.8 Å². The second-order valence-electron chi connectivity index (χ2n) is 5.48. The van der Waals surface area contributed by atoms with Gasteiger partial charge in [-0.25, -0.2) is 4.39 Å². The lowest BCUT2D eigenvalue weighted by Crippen LogP contribution is -2.44. The van der Waals surface area contributed by atoms with Crippen molar-refractivity contribution in [2.45, 2.75) is 43.9 Å². The average Bonchev–Trinajstić information content (AvgIpc) is 2.37. The minimum atomic E-state index is -4.53. The molecule has 0 aliphatic carbocycles. The second-order valence-corrected chi connectivity index (χ2v) is 5.48. The molecule has 1 N–H and O–H groups in total. The van der Waals surface area contributed by atoms with Crippen LogP contribution in [0.15, 0.2) is 24.3 Å². The van der Waals surface area contributed by atoms with Crippen LogP contribution in [0.5, 0.6) is 0 Å². The first-order valence-electron chi connectivity index (χ1n) is 6.77. The molecule has 3 rings (SSSR count). The van der Waals surface area contributed by atoms with Gasteiger partial charge < -0.3 is 5.32 Å². The number of halogens is 4. The average molecular weight is 285 g/mol. The number of rotatable bonds is 1. The summed E-state index contributed by atoms with van der Waals surface area (Å²) >= 11 is 0. The summed E-state index contributed by atoms with van der Waals surface area (Å²) in [6.45, 7) is 0. The summed E-state index contributed by atoms with van der Waals surface area (Å²) < 4.78 is 52.3. The summed E-state index contributed by atoms with van der Waals surface area (Å²) in [5.41, 5.74) is -0.0631. The summed E-state index contributed by atoms with van der Waals surface area (Å²) in [6.07, 6.45) is 0.947. The van der Waals surface area contributed by atoms with Gasteiger partial charge in [-0.15, -0.1) is 0 Å². The molecule has 0 aromatic heterocycles. The Hall–Kier alpha value is -1.36. The molecule has 0 saturated carbocycles. The van der Waals surface area contributed by atoms with Crippen LogP contribution in [0.25, 0.3) is 5.57 Å². The highest BCUT2D eigenvalue weighted by Gasteiger charge is 2.36. The molecule has 1 aromatic rings. The smallest absolute Gasteiger partial charge is 0.307 e. The Morgan fingerprint density at radius 2 is 1.95 bits per heavy atom. The molecule has 108 valence electrons. The summed E-state index contributed by atoms with van der Waals surface area (Å²) in [5.74, 6) is -0.851. The van der Waals surface area contributed by atoms with Crippen LogP contribution in [0.2, 0.25) is 0 Å². The molecule has 2 bridgehead atoms. The van der Waals surface area contributed by atoms with Gasteiger partial charge in [0.15, 0.2) is 0 Å². The van der Waals surface area contributed by atoms with Gasteiger partial charge in [-0.05, 0) is 42.5 Å². The van der Waals surface area contributed by atoms with E-state index in [9.17, 15) is 17.6 Å². The van der Waals surface area contributed by atoms with Crippen molar-refractivity contribution in [1.29, 1.82) is 0 Å². The number of piperidine rings is 1. The first kappa shape index (κ1) is 13.6. The number of alkyl halides is 3. The van der Waals surface area contributed by atoms with Gasteiger partial charge in [-0.1, -0.05) is 18.6 Å². The molecule has 0 radical (unpaired) electrons. The Kier molecular flexibility index (Phi) is 3.32. The van der Waals surface area contributed by atoms with Crippen molar-refractivity contribution >= 4 is 5.57 Å². The molecule has 0 spiro atoms. The molecule has 1 nitrogen and oxygen atoms in total. The van der Waals surface area contributed by atoms with Crippen molar-refractivity contribution < 1.29 is 17.6 Å². The molecule has 20 heavy (non-hydrogen) atoms. The van der Waals surface area contributed by atoms with E-state index in [0.717, 1.165) is 25.3 Å².